The van der Waals surface area contributed by atoms with Gasteiger partial charge in [0.2, 0.25) is 5.91 Å². The molecule has 1 saturated heterocycles. The highest BCUT2D eigenvalue weighted by molar-refractivity contribution is 5.96. The van der Waals surface area contributed by atoms with Gasteiger partial charge in [-0.2, -0.15) is 0 Å². The minimum Gasteiger partial charge on any atom is -0.493 e. The van der Waals surface area contributed by atoms with Crippen LogP contribution in [0.15, 0.2) is 66.7 Å². The average molecular weight is 454 g/mol. The van der Waals surface area contributed by atoms with Gasteiger partial charge in [0.15, 0.2) is 0 Å². The van der Waals surface area contributed by atoms with Crippen molar-refractivity contribution in [2.75, 3.05) is 18.1 Å². The molecule has 0 spiro atoms. The van der Waals surface area contributed by atoms with Crippen LogP contribution in [0, 0.1) is 20.8 Å². The number of aryl methyl sites for hydroxylation is 4. The molecule has 3 aromatic carbocycles. The maximum atomic E-state index is 12.9. The number of para-hydroxylation sites is 2. The standard InChI is InChI=1S/C29H31N3O2/c1-20-10-13-24(14-11-20)32-19-23(18-28(32)33)29-30-25-7-4-5-8-26(25)31(29)15-6-16-34-27-17-21(2)9-12-22(27)3/h4-5,7-14,17,23H,6,15-16,18-19H2,1-3H3. The SMILES string of the molecule is Cc1ccc(N2CC(c3nc4ccccc4n3CCCOc3cc(C)ccc3C)CC2=O)cc1. The summed E-state index contributed by atoms with van der Waals surface area (Å²) in [4.78, 5) is 19.8. The Kier molecular flexibility index (Phi) is 6.10. The molecule has 4 aromatic rings. The molecule has 5 rings (SSSR count). The number of fused-ring (bicyclic) bond motifs is 1. The second kappa shape index (κ2) is 9.34. The van der Waals surface area contributed by atoms with Crippen molar-refractivity contribution < 1.29 is 9.53 Å². The number of ether oxygens (including phenoxy) is 1. The summed E-state index contributed by atoms with van der Waals surface area (Å²) in [6, 6.07) is 22.7. The summed E-state index contributed by atoms with van der Waals surface area (Å²) in [6.45, 7) is 8.31. The number of anilines is 1. The summed E-state index contributed by atoms with van der Waals surface area (Å²) in [5.41, 5.74) is 6.60. The Morgan fingerprint density at radius 1 is 0.971 bits per heavy atom. The Morgan fingerprint density at radius 3 is 2.56 bits per heavy atom. The van der Waals surface area contributed by atoms with Crippen LogP contribution in [0.25, 0.3) is 11.0 Å². The number of aromatic nitrogens is 2. The highest BCUT2D eigenvalue weighted by atomic mass is 16.5. The molecule has 1 unspecified atom stereocenters. The van der Waals surface area contributed by atoms with Gasteiger partial charge in [-0.3, -0.25) is 4.79 Å². The molecule has 1 amide bonds. The molecule has 2 heterocycles. The normalized spacial score (nSPS) is 15.9. The first-order valence-corrected chi connectivity index (χ1v) is 12.0. The maximum absolute atomic E-state index is 12.9. The molecule has 1 aliphatic rings. The number of carbonyl (C=O) groups excluding carboxylic acids is 1. The predicted molar refractivity (Wildman–Crippen MR) is 137 cm³/mol. The zero-order chi connectivity index (χ0) is 23.7. The van der Waals surface area contributed by atoms with E-state index in [4.69, 9.17) is 9.72 Å². The molecular weight excluding hydrogens is 422 g/mol. The van der Waals surface area contributed by atoms with Crippen molar-refractivity contribution in [1.29, 1.82) is 0 Å². The van der Waals surface area contributed by atoms with Crippen LogP contribution in [0.1, 0.15) is 41.3 Å². The fourth-order valence-electron chi connectivity index (χ4n) is 4.76. The fourth-order valence-corrected chi connectivity index (χ4v) is 4.76. The Labute approximate surface area is 201 Å². The molecule has 174 valence electrons. The number of nitrogens with zero attached hydrogens (tertiary/aromatic N) is 3. The summed E-state index contributed by atoms with van der Waals surface area (Å²) in [5, 5.41) is 0. The van der Waals surface area contributed by atoms with Crippen molar-refractivity contribution in [2.45, 2.75) is 46.1 Å². The van der Waals surface area contributed by atoms with Crippen LogP contribution in [-0.2, 0) is 11.3 Å². The summed E-state index contributed by atoms with van der Waals surface area (Å²) < 4.78 is 8.39. The van der Waals surface area contributed by atoms with Gasteiger partial charge in [-0.1, -0.05) is 42.0 Å². The van der Waals surface area contributed by atoms with Gasteiger partial charge in [0, 0.05) is 31.1 Å². The third-order valence-electron chi connectivity index (χ3n) is 6.65. The van der Waals surface area contributed by atoms with Gasteiger partial charge in [-0.25, -0.2) is 4.98 Å². The van der Waals surface area contributed by atoms with E-state index < -0.39 is 0 Å². The van der Waals surface area contributed by atoms with E-state index in [1.807, 2.05) is 23.1 Å². The van der Waals surface area contributed by atoms with Crippen LogP contribution in [0.5, 0.6) is 5.75 Å². The predicted octanol–water partition coefficient (Wildman–Crippen LogP) is 5.95. The van der Waals surface area contributed by atoms with E-state index in [0.717, 1.165) is 46.8 Å². The van der Waals surface area contributed by atoms with Gasteiger partial charge in [-0.15, -0.1) is 0 Å². The van der Waals surface area contributed by atoms with E-state index in [9.17, 15) is 4.79 Å². The largest absolute Gasteiger partial charge is 0.493 e. The molecule has 0 bridgehead atoms. The molecule has 1 aliphatic heterocycles. The Hall–Kier alpha value is -3.60. The van der Waals surface area contributed by atoms with E-state index in [2.05, 4.69) is 73.9 Å². The van der Waals surface area contributed by atoms with E-state index in [-0.39, 0.29) is 11.8 Å². The van der Waals surface area contributed by atoms with Crippen molar-refractivity contribution in [2.24, 2.45) is 0 Å². The molecule has 1 fully saturated rings. The zero-order valence-electron chi connectivity index (χ0n) is 20.1. The monoisotopic (exact) mass is 453 g/mol. The number of amides is 1. The van der Waals surface area contributed by atoms with Crippen LogP contribution in [-0.4, -0.2) is 28.6 Å². The highest BCUT2D eigenvalue weighted by Crippen LogP contribution is 2.33. The van der Waals surface area contributed by atoms with Gasteiger partial charge >= 0.3 is 0 Å². The molecule has 0 aliphatic carbocycles. The van der Waals surface area contributed by atoms with E-state index >= 15 is 0 Å². The first-order chi connectivity index (χ1) is 16.5. The number of hydrogen-bond donors (Lipinski definition) is 0. The molecular formula is C29H31N3O2. The van der Waals surface area contributed by atoms with Gasteiger partial charge < -0.3 is 14.2 Å². The summed E-state index contributed by atoms with van der Waals surface area (Å²) in [7, 11) is 0. The third kappa shape index (κ3) is 4.43. The molecule has 0 N–H and O–H groups in total. The van der Waals surface area contributed by atoms with Crippen LogP contribution in [0.3, 0.4) is 0 Å². The Morgan fingerprint density at radius 2 is 1.74 bits per heavy atom. The summed E-state index contributed by atoms with van der Waals surface area (Å²) in [5.74, 6) is 2.17. The lowest BCUT2D eigenvalue weighted by Gasteiger charge is -2.18. The minimum absolute atomic E-state index is 0.0705. The minimum atomic E-state index is 0.0705. The van der Waals surface area contributed by atoms with Crippen LogP contribution < -0.4 is 9.64 Å². The first kappa shape index (κ1) is 22.2. The van der Waals surface area contributed by atoms with Crippen LogP contribution in [0.4, 0.5) is 5.69 Å². The number of hydrogen-bond acceptors (Lipinski definition) is 3. The maximum Gasteiger partial charge on any atom is 0.227 e. The smallest absolute Gasteiger partial charge is 0.227 e. The lowest BCUT2D eigenvalue weighted by Crippen LogP contribution is -2.24. The molecule has 1 aromatic heterocycles. The molecule has 5 heteroatoms. The lowest BCUT2D eigenvalue weighted by molar-refractivity contribution is -0.117. The molecule has 0 radical (unpaired) electrons. The van der Waals surface area contributed by atoms with E-state index in [0.29, 0.717) is 19.6 Å². The molecule has 1 atom stereocenters. The van der Waals surface area contributed by atoms with Crippen LogP contribution in [0.2, 0.25) is 0 Å². The second-order valence-corrected chi connectivity index (χ2v) is 9.32. The number of benzene rings is 3. The van der Waals surface area contributed by atoms with Crippen molar-refractivity contribution in [1.82, 2.24) is 9.55 Å². The topological polar surface area (TPSA) is 47.4 Å². The van der Waals surface area contributed by atoms with E-state index in [1.165, 1.54) is 11.1 Å². The molecule has 0 saturated carbocycles. The first-order valence-electron chi connectivity index (χ1n) is 12.0. The molecule has 5 nitrogen and oxygen atoms in total. The van der Waals surface area contributed by atoms with Gasteiger partial charge in [-0.05, 0) is 68.7 Å². The summed E-state index contributed by atoms with van der Waals surface area (Å²) >= 11 is 0. The summed E-state index contributed by atoms with van der Waals surface area (Å²) in [6.07, 6.45) is 1.35. The van der Waals surface area contributed by atoms with Crippen molar-refractivity contribution in [3.05, 3.63) is 89.2 Å². The van der Waals surface area contributed by atoms with Crippen molar-refractivity contribution >= 4 is 22.6 Å². The lowest BCUT2D eigenvalue weighted by atomic mass is 10.1. The van der Waals surface area contributed by atoms with E-state index in [1.54, 1.807) is 0 Å². The fraction of sp³-hybridized carbons (Fsp3) is 0.310. The third-order valence-corrected chi connectivity index (χ3v) is 6.65. The average Bonchev–Trinajstić information content (AvgIpc) is 3.40. The number of imidazole rings is 1. The molecule has 34 heavy (non-hydrogen) atoms. The van der Waals surface area contributed by atoms with Crippen LogP contribution >= 0.6 is 0 Å². The van der Waals surface area contributed by atoms with Crippen molar-refractivity contribution in [3.63, 3.8) is 0 Å². The van der Waals surface area contributed by atoms with Crippen molar-refractivity contribution in [3.8, 4) is 5.75 Å². The van der Waals surface area contributed by atoms with Gasteiger partial charge in [0.1, 0.15) is 11.6 Å². The second-order valence-electron chi connectivity index (χ2n) is 9.32. The van der Waals surface area contributed by atoms with Gasteiger partial charge in [0.25, 0.3) is 0 Å². The van der Waals surface area contributed by atoms with Gasteiger partial charge in [0.05, 0.1) is 17.6 Å². The zero-order valence-corrected chi connectivity index (χ0v) is 20.1. The Balaban J connectivity index is 1.34. The highest BCUT2D eigenvalue weighted by Gasteiger charge is 2.34. The number of carbonyl (C=O) groups is 1. The number of rotatable bonds is 7. The quantitative estimate of drug-likeness (QED) is 0.325. The Bertz CT molecular complexity index is 1320.